The van der Waals surface area contributed by atoms with Crippen LogP contribution in [0.15, 0.2) is 16.7 Å². The fraction of sp³-hybridized carbons (Fsp3) is 0.500. The molecule has 17 heavy (non-hydrogen) atoms. The molecule has 5 nitrogen and oxygen atoms in total. The van der Waals surface area contributed by atoms with E-state index in [1.807, 2.05) is 19.9 Å². The Hall–Kier alpha value is -1.62. The topological polar surface area (TPSA) is 55.9 Å². The number of hydrogen-bond donors (Lipinski definition) is 1. The van der Waals surface area contributed by atoms with Crippen LogP contribution in [0.2, 0.25) is 0 Å². The minimum absolute atomic E-state index is 0.545. The van der Waals surface area contributed by atoms with Crippen LogP contribution in [0.4, 0.5) is 0 Å². The maximum Gasteiger partial charge on any atom is 0.323 e. The van der Waals surface area contributed by atoms with Crippen LogP contribution < -0.4 is 5.32 Å². The molecule has 0 aliphatic heterocycles. The van der Waals surface area contributed by atoms with Gasteiger partial charge in [-0.3, -0.25) is 0 Å². The fourth-order valence-electron chi connectivity index (χ4n) is 1.83. The van der Waals surface area contributed by atoms with Gasteiger partial charge in [0.05, 0.1) is 11.4 Å². The van der Waals surface area contributed by atoms with Crippen molar-refractivity contribution < 1.29 is 4.42 Å². The first-order valence-electron chi connectivity index (χ1n) is 5.94. The summed E-state index contributed by atoms with van der Waals surface area (Å²) in [7, 11) is 0. The molecular formula is C12H16N4O. The Balaban J connectivity index is 1.76. The quantitative estimate of drug-likeness (QED) is 0.872. The zero-order chi connectivity index (χ0) is 11.8. The normalized spacial score (nSPS) is 15.4. The van der Waals surface area contributed by atoms with Crippen molar-refractivity contribution in [1.82, 2.24) is 20.1 Å². The summed E-state index contributed by atoms with van der Waals surface area (Å²) in [4.78, 5) is 4.43. The average Bonchev–Trinajstić information content (AvgIpc) is 2.90. The molecule has 90 valence electrons. The van der Waals surface area contributed by atoms with Gasteiger partial charge in [0.1, 0.15) is 6.26 Å². The monoisotopic (exact) mass is 232 g/mol. The van der Waals surface area contributed by atoms with Gasteiger partial charge in [-0.2, -0.15) is 14.8 Å². The van der Waals surface area contributed by atoms with Crippen molar-refractivity contribution in [3.05, 3.63) is 29.4 Å². The van der Waals surface area contributed by atoms with E-state index in [2.05, 4.69) is 15.4 Å². The molecule has 0 spiro atoms. The fourth-order valence-corrected chi connectivity index (χ4v) is 1.83. The van der Waals surface area contributed by atoms with E-state index in [-0.39, 0.29) is 0 Å². The number of aromatic nitrogens is 3. The molecule has 2 aromatic heterocycles. The van der Waals surface area contributed by atoms with Crippen LogP contribution in [0.25, 0.3) is 6.01 Å². The lowest BCUT2D eigenvalue weighted by atomic mass is 10.4. The molecule has 0 unspecified atom stereocenters. The highest BCUT2D eigenvalue weighted by Crippen LogP contribution is 2.19. The van der Waals surface area contributed by atoms with Gasteiger partial charge in [0.25, 0.3) is 0 Å². The van der Waals surface area contributed by atoms with Gasteiger partial charge < -0.3 is 9.73 Å². The van der Waals surface area contributed by atoms with Gasteiger partial charge in [-0.25, -0.2) is 0 Å². The zero-order valence-corrected chi connectivity index (χ0v) is 10.1. The van der Waals surface area contributed by atoms with Gasteiger partial charge in [-0.05, 0) is 32.8 Å². The number of rotatable bonds is 4. The van der Waals surface area contributed by atoms with E-state index in [9.17, 15) is 0 Å². The number of aryl methyl sites for hydroxylation is 2. The van der Waals surface area contributed by atoms with Crippen molar-refractivity contribution in [2.45, 2.75) is 39.3 Å². The Labute approximate surface area is 99.8 Å². The summed E-state index contributed by atoms with van der Waals surface area (Å²) in [5.74, 6) is 0. The molecule has 1 saturated carbocycles. The number of nitrogens with zero attached hydrogens (tertiary/aromatic N) is 3. The van der Waals surface area contributed by atoms with Gasteiger partial charge in [0.15, 0.2) is 0 Å². The molecule has 3 rings (SSSR count). The van der Waals surface area contributed by atoms with E-state index in [1.165, 1.54) is 12.8 Å². The lowest BCUT2D eigenvalue weighted by Gasteiger charge is -1.97. The Morgan fingerprint density at radius 1 is 1.47 bits per heavy atom. The SMILES string of the molecule is Cc1cc(C)n(-c2nc(CNC3CC3)co2)n1. The largest absolute Gasteiger partial charge is 0.430 e. The van der Waals surface area contributed by atoms with Crippen LogP contribution in [0.3, 0.4) is 0 Å². The second kappa shape index (κ2) is 4.00. The van der Waals surface area contributed by atoms with Gasteiger partial charge in [-0.1, -0.05) is 0 Å². The highest BCUT2D eigenvalue weighted by Gasteiger charge is 2.20. The van der Waals surface area contributed by atoms with E-state index in [4.69, 9.17) is 4.42 Å². The van der Waals surface area contributed by atoms with E-state index >= 15 is 0 Å². The highest BCUT2D eigenvalue weighted by molar-refractivity contribution is 5.17. The summed E-state index contributed by atoms with van der Waals surface area (Å²) in [5.41, 5.74) is 2.93. The Kier molecular flexibility index (Phi) is 2.48. The molecule has 1 aliphatic rings. The molecule has 0 amide bonds. The second-order valence-electron chi connectivity index (χ2n) is 4.62. The standard InChI is InChI=1S/C12H16N4O/c1-8-5-9(2)16(15-8)12-14-11(7-17-12)6-13-10-3-4-10/h5,7,10,13H,3-4,6H2,1-2H3. The summed E-state index contributed by atoms with van der Waals surface area (Å²) in [6.07, 6.45) is 4.26. The van der Waals surface area contributed by atoms with Gasteiger partial charge in [-0.15, -0.1) is 0 Å². The minimum Gasteiger partial charge on any atom is -0.430 e. The summed E-state index contributed by atoms with van der Waals surface area (Å²) in [6.45, 7) is 4.72. The molecule has 2 heterocycles. The molecule has 1 N–H and O–H groups in total. The van der Waals surface area contributed by atoms with Crippen molar-refractivity contribution in [2.75, 3.05) is 0 Å². The lowest BCUT2D eigenvalue weighted by Crippen LogP contribution is -2.15. The highest BCUT2D eigenvalue weighted by atomic mass is 16.4. The molecule has 0 bridgehead atoms. The predicted octanol–water partition coefficient (Wildman–Crippen LogP) is 1.73. The predicted molar refractivity (Wildman–Crippen MR) is 63.0 cm³/mol. The Bertz CT molecular complexity index is 524. The van der Waals surface area contributed by atoms with Crippen LogP contribution in [0, 0.1) is 13.8 Å². The number of nitrogens with one attached hydrogen (secondary N) is 1. The number of oxazole rings is 1. The lowest BCUT2D eigenvalue weighted by molar-refractivity contribution is 0.504. The Morgan fingerprint density at radius 3 is 2.94 bits per heavy atom. The van der Waals surface area contributed by atoms with Gasteiger partial charge in [0, 0.05) is 18.3 Å². The van der Waals surface area contributed by atoms with Gasteiger partial charge >= 0.3 is 6.01 Å². The van der Waals surface area contributed by atoms with Crippen LogP contribution in [0.5, 0.6) is 0 Å². The first kappa shape index (κ1) is 10.5. The summed E-state index contributed by atoms with van der Waals surface area (Å²) < 4.78 is 7.18. The third kappa shape index (κ3) is 2.24. The minimum atomic E-state index is 0.545. The molecule has 1 fully saturated rings. The van der Waals surface area contributed by atoms with Crippen molar-refractivity contribution in [2.24, 2.45) is 0 Å². The van der Waals surface area contributed by atoms with E-state index < -0.39 is 0 Å². The molecule has 0 radical (unpaired) electrons. The van der Waals surface area contributed by atoms with Crippen LogP contribution >= 0.6 is 0 Å². The second-order valence-corrected chi connectivity index (χ2v) is 4.62. The molecule has 0 saturated heterocycles. The van der Waals surface area contributed by atoms with Gasteiger partial charge in [0.2, 0.25) is 0 Å². The summed E-state index contributed by atoms with van der Waals surface area (Å²) >= 11 is 0. The third-order valence-electron chi connectivity index (χ3n) is 2.88. The molecular weight excluding hydrogens is 216 g/mol. The first-order chi connectivity index (χ1) is 8.22. The maximum absolute atomic E-state index is 5.45. The zero-order valence-electron chi connectivity index (χ0n) is 10.1. The molecule has 5 heteroatoms. The van der Waals surface area contributed by atoms with Crippen molar-refractivity contribution in [1.29, 1.82) is 0 Å². The smallest absolute Gasteiger partial charge is 0.323 e. The summed E-state index contributed by atoms with van der Waals surface area (Å²) in [5, 5.41) is 7.75. The molecule has 0 aromatic carbocycles. The maximum atomic E-state index is 5.45. The summed E-state index contributed by atoms with van der Waals surface area (Å²) in [6, 6.07) is 3.24. The Morgan fingerprint density at radius 2 is 2.29 bits per heavy atom. The van der Waals surface area contributed by atoms with Crippen LogP contribution in [0.1, 0.15) is 29.9 Å². The van der Waals surface area contributed by atoms with Crippen LogP contribution in [-0.4, -0.2) is 20.8 Å². The molecule has 1 aliphatic carbocycles. The molecule has 0 atom stereocenters. The average molecular weight is 232 g/mol. The third-order valence-corrected chi connectivity index (χ3v) is 2.88. The van der Waals surface area contributed by atoms with Crippen LogP contribution in [-0.2, 0) is 6.54 Å². The number of hydrogen-bond acceptors (Lipinski definition) is 4. The van der Waals surface area contributed by atoms with E-state index in [0.29, 0.717) is 12.1 Å². The van der Waals surface area contributed by atoms with Crippen molar-refractivity contribution in [3.8, 4) is 6.01 Å². The van der Waals surface area contributed by atoms with E-state index in [1.54, 1.807) is 10.9 Å². The molecule has 2 aromatic rings. The van der Waals surface area contributed by atoms with E-state index in [0.717, 1.165) is 23.6 Å². The van der Waals surface area contributed by atoms with Crippen molar-refractivity contribution in [3.63, 3.8) is 0 Å². The van der Waals surface area contributed by atoms with Crippen molar-refractivity contribution >= 4 is 0 Å². The first-order valence-corrected chi connectivity index (χ1v) is 5.94.